The van der Waals surface area contributed by atoms with E-state index in [9.17, 15) is 4.79 Å². The predicted octanol–water partition coefficient (Wildman–Crippen LogP) is 0.0303. The SMILES string of the molecule is CCN(CCN1CC(N)CC1=O)C1CC1. The second-order valence-corrected chi connectivity index (χ2v) is 4.66. The highest BCUT2D eigenvalue weighted by Crippen LogP contribution is 2.26. The number of carbonyl (C=O) groups excluding carboxylic acids is 1. The van der Waals surface area contributed by atoms with Gasteiger partial charge in [-0.1, -0.05) is 6.92 Å². The van der Waals surface area contributed by atoms with Gasteiger partial charge in [0.25, 0.3) is 0 Å². The zero-order valence-corrected chi connectivity index (χ0v) is 9.48. The third-order valence-corrected chi connectivity index (χ3v) is 3.37. The van der Waals surface area contributed by atoms with E-state index in [-0.39, 0.29) is 11.9 Å². The van der Waals surface area contributed by atoms with Crippen LogP contribution in [0.2, 0.25) is 0 Å². The van der Waals surface area contributed by atoms with Crippen molar-refractivity contribution in [3.8, 4) is 0 Å². The molecule has 1 atom stereocenters. The maximum Gasteiger partial charge on any atom is 0.224 e. The van der Waals surface area contributed by atoms with Gasteiger partial charge < -0.3 is 10.6 Å². The third kappa shape index (κ3) is 2.69. The van der Waals surface area contributed by atoms with Crippen molar-refractivity contribution in [1.29, 1.82) is 0 Å². The van der Waals surface area contributed by atoms with Crippen molar-refractivity contribution in [2.45, 2.75) is 38.3 Å². The first kappa shape index (κ1) is 10.9. The summed E-state index contributed by atoms with van der Waals surface area (Å²) >= 11 is 0. The molecule has 2 aliphatic rings. The minimum absolute atomic E-state index is 0.0634. The Bertz CT molecular complexity index is 240. The van der Waals surface area contributed by atoms with E-state index >= 15 is 0 Å². The van der Waals surface area contributed by atoms with Crippen molar-refractivity contribution in [2.75, 3.05) is 26.2 Å². The summed E-state index contributed by atoms with van der Waals surface area (Å²) in [5, 5.41) is 0. The molecule has 15 heavy (non-hydrogen) atoms. The molecule has 0 aromatic rings. The number of amides is 1. The van der Waals surface area contributed by atoms with Crippen LogP contribution in [-0.2, 0) is 4.79 Å². The fourth-order valence-electron chi connectivity index (χ4n) is 2.31. The Balaban J connectivity index is 1.74. The number of carbonyl (C=O) groups is 1. The highest BCUT2D eigenvalue weighted by molar-refractivity contribution is 5.79. The number of hydrogen-bond acceptors (Lipinski definition) is 3. The largest absolute Gasteiger partial charge is 0.340 e. The summed E-state index contributed by atoms with van der Waals surface area (Å²) in [6.45, 7) is 5.91. The molecule has 0 aromatic carbocycles. The van der Waals surface area contributed by atoms with Crippen LogP contribution < -0.4 is 5.73 Å². The van der Waals surface area contributed by atoms with E-state index in [2.05, 4.69) is 11.8 Å². The highest BCUT2D eigenvalue weighted by Gasteiger charge is 2.30. The van der Waals surface area contributed by atoms with E-state index in [0.29, 0.717) is 6.42 Å². The van der Waals surface area contributed by atoms with Gasteiger partial charge in [-0.15, -0.1) is 0 Å². The van der Waals surface area contributed by atoms with Gasteiger partial charge in [-0.3, -0.25) is 9.69 Å². The number of rotatable bonds is 5. The van der Waals surface area contributed by atoms with Gasteiger partial charge in [0, 0.05) is 38.1 Å². The molecule has 2 fully saturated rings. The molecule has 1 unspecified atom stereocenters. The van der Waals surface area contributed by atoms with Gasteiger partial charge in [-0.05, 0) is 19.4 Å². The molecular weight excluding hydrogens is 190 g/mol. The lowest BCUT2D eigenvalue weighted by atomic mass is 10.3. The molecule has 4 nitrogen and oxygen atoms in total. The van der Waals surface area contributed by atoms with Crippen molar-refractivity contribution in [3.05, 3.63) is 0 Å². The maximum atomic E-state index is 11.5. The average Bonchev–Trinajstić information content (AvgIpc) is 2.96. The molecule has 1 amide bonds. The first-order valence-corrected chi connectivity index (χ1v) is 5.98. The lowest BCUT2D eigenvalue weighted by molar-refractivity contribution is -0.127. The molecule has 86 valence electrons. The number of hydrogen-bond donors (Lipinski definition) is 1. The summed E-state index contributed by atoms with van der Waals surface area (Å²) in [4.78, 5) is 15.9. The summed E-state index contributed by atoms with van der Waals surface area (Å²) in [5.74, 6) is 0.231. The molecule has 0 bridgehead atoms. The van der Waals surface area contributed by atoms with Crippen LogP contribution in [0.4, 0.5) is 0 Å². The number of likely N-dealkylation sites (N-methyl/N-ethyl adjacent to an activating group) is 1. The minimum atomic E-state index is 0.0634. The van der Waals surface area contributed by atoms with Crippen molar-refractivity contribution >= 4 is 5.91 Å². The lowest BCUT2D eigenvalue weighted by Crippen LogP contribution is -2.37. The van der Waals surface area contributed by atoms with Gasteiger partial charge in [0.05, 0.1) is 0 Å². The molecule has 0 radical (unpaired) electrons. The van der Waals surface area contributed by atoms with Crippen LogP contribution >= 0.6 is 0 Å². The highest BCUT2D eigenvalue weighted by atomic mass is 16.2. The van der Waals surface area contributed by atoms with Gasteiger partial charge in [0.2, 0.25) is 5.91 Å². The molecule has 1 saturated heterocycles. The molecule has 0 spiro atoms. The smallest absolute Gasteiger partial charge is 0.224 e. The second kappa shape index (κ2) is 4.49. The monoisotopic (exact) mass is 211 g/mol. The topological polar surface area (TPSA) is 49.6 Å². The van der Waals surface area contributed by atoms with Crippen LogP contribution in [-0.4, -0.2) is 54.0 Å². The molecular formula is C11H21N3O. The fraction of sp³-hybridized carbons (Fsp3) is 0.909. The maximum absolute atomic E-state index is 11.5. The van der Waals surface area contributed by atoms with Crippen molar-refractivity contribution < 1.29 is 4.79 Å². The average molecular weight is 211 g/mol. The Morgan fingerprint density at radius 3 is 2.73 bits per heavy atom. The quantitative estimate of drug-likeness (QED) is 0.698. The standard InChI is InChI=1S/C11H21N3O/c1-2-13(10-3-4-10)5-6-14-8-9(12)7-11(14)15/h9-10H,2-8,12H2,1H3. The van der Waals surface area contributed by atoms with Crippen molar-refractivity contribution in [3.63, 3.8) is 0 Å². The minimum Gasteiger partial charge on any atom is -0.340 e. The normalized spacial score (nSPS) is 26.7. The van der Waals surface area contributed by atoms with E-state index in [4.69, 9.17) is 5.73 Å². The van der Waals surface area contributed by atoms with E-state index in [1.165, 1.54) is 12.8 Å². The van der Waals surface area contributed by atoms with E-state index < -0.39 is 0 Å². The second-order valence-electron chi connectivity index (χ2n) is 4.66. The van der Waals surface area contributed by atoms with Gasteiger partial charge in [0.15, 0.2) is 0 Å². The first-order chi connectivity index (χ1) is 7.20. The molecule has 1 aliphatic carbocycles. The first-order valence-electron chi connectivity index (χ1n) is 5.98. The summed E-state index contributed by atoms with van der Waals surface area (Å²) in [5.41, 5.74) is 5.75. The number of likely N-dealkylation sites (tertiary alicyclic amines) is 1. The molecule has 2 N–H and O–H groups in total. The zero-order chi connectivity index (χ0) is 10.8. The molecule has 0 aromatic heterocycles. The Kier molecular flexibility index (Phi) is 3.26. The fourth-order valence-corrected chi connectivity index (χ4v) is 2.31. The third-order valence-electron chi connectivity index (χ3n) is 3.37. The Morgan fingerprint density at radius 1 is 1.53 bits per heavy atom. The van der Waals surface area contributed by atoms with Crippen molar-refractivity contribution in [2.24, 2.45) is 5.73 Å². The van der Waals surface area contributed by atoms with Crippen LogP contribution in [0.5, 0.6) is 0 Å². The van der Waals surface area contributed by atoms with E-state index in [1.54, 1.807) is 0 Å². The Labute approximate surface area is 91.4 Å². The molecule has 4 heteroatoms. The van der Waals surface area contributed by atoms with Gasteiger partial charge >= 0.3 is 0 Å². The molecule has 2 rings (SSSR count). The van der Waals surface area contributed by atoms with E-state index in [0.717, 1.165) is 32.2 Å². The molecule has 1 saturated carbocycles. The van der Waals surface area contributed by atoms with Crippen LogP contribution in [0.1, 0.15) is 26.2 Å². The zero-order valence-electron chi connectivity index (χ0n) is 9.48. The van der Waals surface area contributed by atoms with Crippen LogP contribution in [0.3, 0.4) is 0 Å². The number of nitrogens with two attached hydrogens (primary N) is 1. The van der Waals surface area contributed by atoms with Gasteiger partial charge in [-0.25, -0.2) is 0 Å². The predicted molar refractivity (Wildman–Crippen MR) is 59.4 cm³/mol. The molecule has 1 heterocycles. The van der Waals surface area contributed by atoms with Crippen molar-refractivity contribution in [1.82, 2.24) is 9.80 Å². The van der Waals surface area contributed by atoms with Gasteiger partial charge in [0.1, 0.15) is 0 Å². The van der Waals surface area contributed by atoms with E-state index in [1.807, 2.05) is 4.90 Å². The summed E-state index contributed by atoms with van der Waals surface area (Å²) < 4.78 is 0. The van der Waals surface area contributed by atoms with Gasteiger partial charge in [-0.2, -0.15) is 0 Å². The summed E-state index contributed by atoms with van der Waals surface area (Å²) in [6, 6.07) is 0.856. The number of nitrogens with zero attached hydrogens (tertiary/aromatic N) is 2. The summed E-state index contributed by atoms with van der Waals surface area (Å²) in [6.07, 6.45) is 3.21. The molecule has 1 aliphatic heterocycles. The van der Waals surface area contributed by atoms with Crippen LogP contribution in [0.25, 0.3) is 0 Å². The van der Waals surface area contributed by atoms with Crippen LogP contribution in [0.15, 0.2) is 0 Å². The Morgan fingerprint density at radius 2 is 2.27 bits per heavy atom. The Hall–Kier alpha value is -0.610. The summed E-state index contributed by atoms with van der Waals surface area (Å²) in [7, 11) is 0. The van der Waals surface area contributed by atoms with Crippen LogP contribution in [0, 0.1) is 0 Å². The lowest BCUT2D eigenvalue weighted by Gasteiger charge is -2.23.